The molecule has 0 heterocycles. The first kappa shape index (κ1) is 15.4. The summed E-state index contributed by atoms with van der Waals surface area (Å²) in [6.45, 7) is -0.399. The lowest BCUT2D eigenvalue weighted by Gasteiger charge is -2.12. The van der Waals surface area contributed by atoms with E-state index in [9.17, 15) is 13.2 Å². The second-order valence-corrected chi connectivity index (χ2v) is 5.95. The van der Waals surface area contributed by atoms with Gasteiger partial charge in [0, 0.05) is 19.8 Å². The molecule has 1 rings (SSSR count). The molecule has 0 radical (unpaired) electrons. The lowest BCUT2D eigenvalue weighted by atomic mass is 10.3. The quantitative estimate of drug-likeness (QED) is 0.821. The number of aliphatic hydroxyl groups is 1. The molecule has 7 nitrogen and oxygen atoms in total. The van der Waals surface area contributed by atoms with Gasteiger partial charge in [-0.25, -0.2) is 17.5 Å². The average molecular weight is 288 g/mol. The van der Waals surface area contributed by atoms with Gasteiger partial charge in [0.1, 0.15) is 6.61 Å². The monoisotopic (exact) mass is 288 g/mol. The standard InChI is InChI=1S/C11H16N2O5S/c1-13(2)19(16,17)10-5-3-4-9(8-10)12-11(15)18-7-6-14/h3-5,8,14H,6-7H2,1-2H3,(H,12,15). The van der Waals surface area contributed by atoms with Crippen LogP contribution in [0.3, 0.4) is 0 Å². The molecule has 2 N–H and O–H groups in total. The molecule has 0 spiro atoms. The van der Waals surface area contributed by atoms with Crippen LogP contribution in [-0.2, 0) is 14.8 Å². The Labute approximate surface area is 111 Å². The molecule has 1 aromatic carbocycles. The van der Waals surface area contributed by atoms with Gasteiger partial charge in [-0.05, 0) is 18.2 Å². The normalized spacial score (nSPS) is 11.4. The number of amides is 1. The SMILES string of the molecule is CN(C)S(=O)(=O)c1cccc(NC(=O)OCCO)c1. The van der Waals surface area contributed by atoms with Gasteiger partial charge in [0.25, 0.3) is 0 Å². The van der Waals surface area contributed by atoms with Crippen molar-refractivity contribution in [2.24, 2.45) is 0 Å². The third kappa shape index (κ3) is 4.19. The van der Waals surface area contributed by atoms with Crippen molar-refractivity contribution >= 4 is 21.8 Å². The van der Waals surface area contributed by atoms with Crippen molar-refractivity contribution in [1.82, 2.24) is 4.31 Å². The lowest BCUT2D eigenvalue weighted by molar-refractivity contribution is 0.131. The highest BCUT2D eigenvalue weighted by molar-refractivity contribution is 7.89. The van der Waals surface area contributed by atoms with Crippen molar-refractivity contribution in [2.45, 2.75) is 4.90 Å². The average Bonchev–Trinajstić information content (AvgIpc) is 2.36. The number of rotatable bonds is 5. The summed E-state index contributed by atoms with van der Waals surface area (Å²) in [5.74, 6) is 0. The minimum atomic E-state index is -3.55. The Morgan fingerprint density at radius 3 is 2.68 bits per heavy atom. The van der Waals surface area contributed by atoms with E-state index in [0.29, 0.717) is 5.69 Å². The molecule has 0 atom stereocenters. The fourth-order valence-electron chi connectivity index (χ4n) is 1.24. The van der Waals surface area contributed by atoms with E-state index in [2.05, 4.69) is 10.1 Å². The lowest BCUT2D eigenvalue weighted by Crippen LogP contribution is -2.22. The van der Waals surface area contributed by atoms with Crippen LogP contribution in [0.1, 0.15) is 0 Å². The number of benzene rings is 1. The molecule has 106 valence electrons. The number of nitrogens with one attached hydrogen (secondary N) is 1. The number of carbonyl (C=O) groups is 1. The van der Waals surface area contributed by atoms with Crippen LogP contribution in [0.5, 0.6) is 0 Å². The zero-order chi connectivity index (χ0) is 14.5. The van der Waals surface area contributed by atoms with Crippen molar-refractivity contribution in [1.29, 1.82) is 0 Å². The predicted octanol–water partition coefficient (Wildman–Crippen LogP) is 0.478. The largest absolute Gasteiger partial charge is 0.447 e. The van der Waals surface area contributed by atoms with E-state index in [4.69, 9.17) is 5.11 Å². The number of aliphatic hydroxyl groups excluding tert-OH is 1. The van der Waals surface area contributed by atoms with Crippen LogP contribution < -0.4 is 5.32 Å². The van der Waals surface area contributed by atoms with Crippen LogP contribution >= 0.6 is 0 Å². The van der Waals surface area contributed by atoms with E-state index in [1.807, 2.05) is 0 Å². The highest BCUT2D eigenvalue weighted by Crippen LogP contribution is 2.17. The van der Waals surface area contributed by atoms with Crippen LogP contribution in [0.25, 0.3) is 0 Å². The molecule has 0 saturated carbocycles. The van der Waals surface area contributed by atoms with Gasteiger partial charge in [-0.1, -0.05) is 6.07 Å². The van der Waals surface area contributed by atoms with Gasteiger partial charge in [-0.15, -0.1) is 0 Å². The van der Waals surface area contributed by atoms with Crippen LogP contribution in [0.15, 0.2) is 29.2 Å². The maximum absolute atomic E-state index is 11.9. The molecule has 0 aromatic heterocycles. The van der Waals surface area contributed by atoms with Gasteiger partial charge in [0.2, 0.25) is 10.0 Å². The Kier molecular flexibility index (Phi) is 5.28. The first-order chi connectivity index (χ1) is 8.87. The number of hydrogen-bond acceptors (Lipinski definition) is 5. The molecule has 0 bridgehead atoms. The number of carbonyl (C=O) groups excluding carboxylic acids is 1. The van der Waals surface area contributed by atoms with E-state index in [1.54, 1.807) is 0 Å². The molecular formula is C11H16N2O5S. The van der Waals surface area contributed by atoms with Crippen LogP contribution in [0.2, 0.25) is 0 Å². The molecule has 0 unspecified atom stereocenters. The second kappa shape index (κ2) is 6.50. The Morgan fingerprint density at radius 1 is 1.42 bits per heavy atom. The summed E-state index contributed by atoms with van der Waals surface area (Å²) in [5.41, 5.74) is 0.297. The Hall–Kier alpha value is -1.64. The van der Waals surface area contributed by atoms with Crippen molar-refractivity contribution in [2.75, 3.05) is 32.6 Å². The Bertz CT molecular complexity index is 542. The third-order valence-corrected chi connectivity index (χ3v) is 3.99. The molecule has 0 fully saturated rings. The highest BCUT2D eigenvalue weighted by Gasteiger charge is 2.17. The Balaban J connectivity index is 2.87. The van der Waals surface area contributed by atoms with Gasteiger partial charge in [-0.2, -0.15) is 0 Å². The minimum Gasteiger partial charge on any atom is -0.447 e. The molecule has 0 saturated heterocycles. The van der Waals surface area contributed by atoms with Crippen LogP contribution in [-0.4, -0.2) is 51.2 Å². The zero-order valence-electron chi connectivity index (χ0n) is 10.7. The van der Waals surface area contributed by atoms with Gasteiger partial charge in [-0.3, -0.25) is 5.32 Å². The topological polar surface area (TPSA) is 95.9 Å². The summed E-state index contributed by atoms with van der Waals surface area (Å²) in [4.78, 5) is 11.3. The molecular weight excluding hydrogens is 272 g/mol. The van der Waals surface area contributed by atoms with E-state index >= 15 is 0 Å². The Morgan fingerprint density at radius 2 is 2.11 bits per heavy atom. The smallest absolute Gasteiger partial charge is 0.411 e. The highest BCUT2D eigenvalue weighted by atomic mass is 32.2. The van der Waals surface area contributed by atoms with Crippen molar-refractivity contribution < 1.29 is 23.1 Å². The molecule has 8 heteroatoms. The summed E-state index contributed by atoms with van der Waals surface area (Å²) in [6, 6.07) is 5.81. The van der Waals surface area contributed by atoms with Crippen LogP contribution in [0.4, 0.5) is 10.5 Å². The number of ether oxygens (including phenoxy) is 1. The van der Waals surface area contributed by atoms with Crippen molar-refractivity contribution in [3.63, 3.8) is 0 Å². The van der Waals surface area contributed by atoms with Crippen LogP contribution in [0, 0.1) is 0 Å². The second-order valence-electron chi connectivity index (χ2n) is 3.80. The number of anilines is 1. The first-order valence-corrected chi connectivity index (χ1v) is 6.89. The van der Waals surface area contributed by atoms with Gasteiger partial charge in [0.05, 0.1) is 11.5 Å². The van der Waals surface area contributed by atoms with E-state index < -0.39 is 16.1 Å². The molecule has 1 aromatic rings. The molecule has 0 aliphatic heterocycles. The summed E-state index contributed by atoms with van der Waals surface area (Å²) >= 11 is 0. The maximum Gasteiger partial charge on any atom is 0.411 e. The summed E-state index contributed by atoms with van der Waals surface area (Å²) < 4.78 is 29.5. The van der Waals surface area contributed by atoms with E-state index in [0.717, 1.165) is 4.31 Å². The number of hydrogen-bond donors (Lipinski definition) is 2. The van der Waals surface area contributed by atoms with Gasteiger partial charge in [0.15, 0.2) is 0 Å². The summed E-state index contributed by atoms with van der Waals surface area (Å²) in [7, 11) is -0.708. The van der Waals surface area contributed by atoms with Crippen molar-refractivity contribution in [3.8, 4) is 0 Å². The molecule has 19 heavy (non-hydrogen) atoms. The summed E-state index contributed by atoms with van der Waals surface area (Å²) in [5, 5.41) is 10.9. The number of nitrogens with zero attached hydrogens (tertiary/aromatic N) is 1. The zero-order valence-corrected chi connectivity index (χ0v) is 11.5. The van der Waals surface area contributed by atoms with Gasteiger partial charge < -0.3 is 9.84 Å². The van der Waals surface area contributed by atoms with E-state index in [1.165, 1.54) is 38.4 Å². The summed E-state index contributed by atoms with van der Waals surface area (Å²) in [6.07, 6.45) is -0.756. The van der Waals surface area contributed by atoms with Crippen molar-refractivity contribution in [3.05, 3.63) is 24.3 Å². The molecule has 0 aliphatic carbocycles. The third-order valence-electron chi connectivity index (χ3n) is 2.18. The predicted molar refractivity (Wildman–Crippen MR) is 69.4 cm³/mol. The minimum absolute atomic E-state index is 0.0671. The van der Waals surface area contributed by atoms with E-state index in [-0.39, 0.29) is 18.1 Å². The molecule has 0 aliphatic rings. The fourth-order valence-corrected chi connectivity index (χ4v) is 2.19. The fraction of sp³-hybridized carbons (Fsp3) is 0.364. The molecule has 1 amide bonds. The number of sulfonamides is 1. The maximum atomic E-state index is 11.9. The first-order valence-electron chi connectivity index (χ1n) is 5.45. The van der Waals surface area contributed by atoms with Gasteiger partial charge >= 0.3 is 6.09 Å².